The summed E-state index contributed by atoms with van der Waals surface area (Å²) in [5.74, 6) is 1.72. The molecule has 0 unspecified atom stereocenters. The first-order chi connectivity index (χ1) is 9.83. The normalized spacial score (nSPS) is 11.5. The zero-order chi connectivity index (χ0) is 15.5. The Labute approximate surface area is 127 Å². The summed E-state index contributed by atoms with van der Waals surface area (Å²) in [6, 6.07) is 10.1. The summed E-state index contributed by atoms with van der Waals surface area (Å²) in [4.78, 5) is 4.38. The van der Waals surface area contributed by atoms with Gasteiger partial charge in [0.1, 0.15) is 11.5 Å². The Balaban J connectivity index is 2.23. The number of hydrogen-bond acceptors (Lipinski definition) is 3. The number of aromatic nitrogens is 1. The largest absolute Gasteiger partial charge is 0.457 e. The zero-order valence-electron chi connectivity index (χ0n) is 13.5. The van der Waals surface area contributed by atoms with Crippen molar-refractivity contribution in [1.29, 1.82) is 0 Å². The fourth-order valence-electron chi connectivity index (χ4n) is 1.96. The van der Waals surface area contributed by atoms with E-state index in [9.17, 15) is 0 Å². The highest BCUT2D eigenvalue weighted by atomic mass is 16.5. The Bertz CT molecular complexity index is 615. The van der Waals surface area contributed by atoms with Gasteiger partial charge in [0.15, 0.2) is 0 Å². The Kier molecular flexibility index (Phi) is 4.63. The first-order valence-electron chi connectivity index (χ1n) is 7.28. The maximum Gasteiger partial charge on any atom is 0.135 e. The summed E-state index contributed by atoms with van der Waals surface area (Å²) >= 11 is 0. The molecular formula is C18H24N2O. The molecule has 2 rings (SSSR count). The van der Waals surface area contributed by atoms with Crippen LogP contribution in [0, 0.1) is 13.8 Å². The van der Waals surface area contributed by atoms with Crippen LogP contribution in [-0.4, -0.2) is 10.5 Å². The molecule has 0 atom stereocenters. The topological polar surface area (TPSA) is 34.1 Å². The molecule has 1 heterocycles. The van der Waals surface area contributed by atoms with Crippen LogP contribution < -0.4 is 10.1 Å². The van der Waals surface area contributed by atoms with Gasteiger partial charge in [-0.15, -0.1) is 0 Å². The number of hydrogen-bond donors (Lipinski definition) is 1. The predicted molar refractivity (Wildman–Crippen MR) is 86.8 cm³/mol. The summed E-state index contributed by atoms with van der Waals surface area (Å²) in [5.41, 5.74) is 3.27. The average Bonchev–Trinajstić information content (AvgIpc) is 2.36. The van der Waals surface area contributed by atoms with Gasteiger partial charge in [0.05, 0.1) is 0 Å². The molecule has 0 bridgehead atoms. The second-order valence-corrected chi connectivity index (χ2v) is 6.46. The maximum absolute atomic E-state index is 6.06. The van der Waals surface area contributed by atoms with Crippen molar-refractivity contribution >= 4 is 0 Å². The van der Waals surface area contributed by atoms with Gasteiger partial charge in [0.25, 0.3) is 0 Å². The molecule has 0 amide bonds. The number of rotatable bonds is 4. The monoisotopic (exact) mass is 284 g/mol. The number of aryl methyl sites for hydroxylation is 2. The molecule has 3 heteroatoms. The van der Waals surface area contributed by atoms with Gasteiger partial charge in [-0.25, -0.2) is 0 Å². The molecule has 0 aliphatic rings. The lowest BCUT2D eigenvalue weighted by atomic mass is 10.1. The van der Waals surface area contributed by atoms with Gasteiger partial charge >= 0.3 is 0 Å². The van der Waals surface area contributed by atoms with E-state index in [1.54, 1.807) is 0 Å². The van der Waals surface area contributed by atoms with Gasteiger partial charge in [-0.3, -0.25) is 4.98 Å². The quantitative estimate of drug-likeness (QED) is 0.904. The van der Waals surface area contributed by atoms with Crippen molar-refractivity contribution in [3.05, 3.63) is 53.3 Å². The number of nitrogens with one attached hydrogen (secondary N) is 1. The van der Waals surface area contributed by atoms with Crippen LogP contribution in [0.25, 0.3) is 0 Å². The fraction of sp³-hybridized carbons (Fsp3) is 0.389. The van der Waals surface area contributed by atoms with Crippen molar-refractivity contribution < 1.29 is 4.74 Å². The van der Waals surface area contributed by atoms with Crippen LogP contribution in [0.15, 0.2) is 36.5 Å². The molecule has 112 valence electrons. The Morgan fingerprint density at radius 2 is 1.90 bits per heavy atom. The molecule has 3 nitrogen and oxygen atoms in total. The molecule has 1 N–H and O–H groups in total. The van der Waals surface area contributed by atoms with E-state index in [0.29, 0.717) is 0 Å². The minimum atomic E-state index is 0.0610. The number of nitrogens with zero attached hydrogens (tertiary/aromatic N) is 1. The minimum Gasteiger partial charge on any atom is -0.457 e. The van der Waals surface area contributed by atoms with E-state index >= 15 is 0 Å². The van der Waals surface area contributed by atoms with Crippen LogP contribution in [-0.2, 0) is 6.54 Å². The molecule has 0 saturated heterocycles. The van der Waals surface area contributed by atoms with Crippen LogP contribution in [0.2, 0.25) is 0 Å². The molecule has 2 aromatic rings. The van der Waals surface area contributed by atoms with Crippen LogP contribution >= 0.6 is 0 Å². The standard InChI is InChI=1S/C18H24N2O/c1-13-7-6-8-16(9-13)21-17-10-14(2)19-11-15(17)12-20-18(3,4)5/h6-11,20H,12H2,1-5H3. The molecule has 1 aromatic heterocycles. The lowest BCUT2D eigenvalue weighted by Gasteiger charge is -2.21. The van der Waals surface area contributed by atoms with Gasteiger partial charge in [-0.2, -0.15) is 0 Å². The van der Waals surface area contributed by atoms with Crippen molar-refractivity contribution in [2.24, 2.45) is 0 Å². The van der Waals surface area contributed by atoms with Crippen molar-refractivity contribution in [2.75, 3.05) is 0 Å². The van der Waals surface area contributed by atoms with E-state index in [2.05, 4.69) is 44.1 Å². The number of benzene rings is 1. The molecule has 0 radical (unpaired) electrons. The van der Waals surface area contributed by atoms with Crippen LogP contribution in [0.5, 0.6) is 11.5 Å². The first kappa shape index (κ1) is 15.5. The Hall–Kier alpha value is -1.87. The third-order valence-corrected chi connectivity index (χ3v) is 3.11. The second-order valence-electron chi connectivity index (χ2n) is 6.46. The molecule has 21 heavy (non-hydrogen) atoms. The summed E-state index contributed by atoms with van der Waals surface area (Å²) in [5, 5.41) is 3.48. The highest BCUT2D eigenvalue weighted by Gasteiger charge is 2.12. The summed E-state index contributed by atoms with van der Waals surface area (Å²) in [6.45, 7) is 11.2. The molecule has 0 fully saturated rings. The van der Waals surface area contributed by atoms with Gasteiger partial charge < -0.3 is 10.1 Å². The lowest BCUT2D eigenvalue weighted by molar-refractivity contribution is 0.413. The van der Waals surface area contributed by atoms with Gasteiger partial charge in [-0.05, 0) is 52.3 Å². The molecule has 0 spiro atoms. The Morgan fingerprint density at radius 1 is 1.14 bits per heavy atom. The van der Waals surface area contributed by atoms with E-state index in [1.165, 1.54) is 5.56 Å². The molecule has 0 saturated carbocycles. The van der Waals surface area contributed by atoms with E-state index in [0.717, 1.165) is 29.3 Å². The van der Waals surface area contributed by atoms with Gasteiger partial charge in [-0.1, -0.05) is 12.1 Å². The lowest BCUT2D eigenvalue weighted by Crippen LogP contribution is -2.35. The van der Waals surface area contributed by atoms with Crippen LogP contribution in [0.3, 0.4) is 0 Å². The molecule has 0 aliphatic heterocycles. The third kappa shape index (κ3) is 4.87. The summed E-state index contributed by atoms with van der Waals surface area (Å²) in [6.07, 6.45) is 1.89. The van der Waals surface area contributed by atoms with Crippen molar-refractivity contribution in [2.45, 2.75) is 46.7 Å². The number of pyridine rings is 1. The van der Waals surface area contributed by atoms with Crippen LogP contribution in [0.1, 0.15) is 37.6 Å². The van der Waals surface area contributed by atoms with Crippen molar-refractivity contribution in [1.82, 2.24) is 10.3 Å². The SMILES string of the molecule is Cc1cccc(Oc2cc(C)ncc2CNC(C)(C)C)c1. The molecule has 1 aromatic carbocycles. The fourth-order valence-corrected chi connectivity index (χ4v) is 1.96. The first-order valence-corrected chi connectivity index (χ1v) is 7.28. The zero-order valence-corrected chi connectivity index (χ0v) is 13.5. The average molecular weight is 284 g/mol. The van der Waals surface area contributed by atoms with E-state index in [-0.39, 0.29) is 5.54 Å². The summed E-state index contributed by atoms with van der Waals surface area (Å²) < 4.78 is 6.06. The van der Waals surface area contributed by atoms with E-state index in [1.807, 2.05) is 37.4 Å². The number of ether oxygens (including phenoxy) is 1. The van der Waals surface area contributed by atoms with Crippen LogP contribution in [0.4, 0.5) is 0 Å². The van der Waals surface area contributed by atoms with E-state index < -0.39 is 0 Å². The maximum atomic E-state index is 6.06. The summed E-state index contributed by atoms with van der Waals surface area (Å²) in [7, 11) is 0. The molecule has 0 aliphatic carbocycles. The van der Waals surface area contributed by atoms with Gasteiger partial charge in [0, 0.05) is 35.6 Å². The highest BCUT2D eigenvalue weighted by molar-refractivity contribution is 5.38. The third-order valence-electron chi connectivity index (χ3n) is 3.11. The highest BCUT2D eigenvalue weighted by Crippen LogP contribution is 2.26. The van der Waals surface area contributed by atoms with Crippen molar-refractivity contribution in [3.63, 3.8) is 0 Å². The Morgan fingerprint density at radius 3 is 2.57 bits per heavy atom. The molecular weight excluding hydrogens is 260 g/mol. The van der Waals surface area contributed by atoms with Crippen molar-refractivity contribution in [3.8, 4) is 11.5 Å². The minimum absolute atomic E-state index is 0.0610. The second kappa shape index (κ2) is 6.27. The predicted octanol–water partition coefficient (Wildman–Crippen LogP) is 4.38. The smallest absolute Gasteiger partial charge is 0.135 e. The van der Waals surface area contributed by atoms with Gasteiger partial charge in [0.2, 0.25) is 0 Å². The van der Waals surface area contributed by atoms with E-state index in [4.69, 9.17) is 4.74 Å².